The van der Waals surface area contributed by atoms with Crippen LogP contribution in [0.2, 0.25) is 0 Å². The predicted octanol–water partition coefficient (Wildman–Crippen LogP) is 1.61. The summed E-state index contributed by atoms with van der Waals surface area (Å²) in [6.45, 7) is 3.48. The third-order valence-corrected chi connectivity index (χ3v) is 4.26. The van der Waals surface area contributed by atoms with Crippen LogP contribution in [-0.2, 0) is 6.54 Å². The molecule has 118 valence electrons. The Morgan fingerprint density at radius 3 is 2.76 bits per heavy atom. The topological polar surface area (TPSA) is 63.6 Å². The van der Waals surface area contributed by atoms with Gasteiger partial charge in [-0.15, -0.1) is 24.0 Å². The number of rotatable bonds is 5. The second-order valence-corrected chi connectivity index (χ2v) is 6.00. The summed E-state index contributed by atoms with van der Waals surface area (Å²) in [6.07, 6.45) is 3.71. The molecule has 0 aromatic carbocycles. The predicted molar refractivity (Wildman–Crippen MR) is 101 cm³/mol. The number of aryl methyl sites for hydroxylation is 1. The van der Waals surface area contributed by atoms with Crippen LogP contribution in [0.15, 0.2) is 34.2 Å². The highest BCUT2D eigenvalue weighted by atomic mass is 127. The van der Waals surface area contributed by atoms with Crippen molar-refractivity contribution >= 4 is 41.7 Å². The second kappa shape index (κ2) is 10.1. The van der Waals surface area contributed by atoms with Gasteiger partial charge in [-0.25, -0.2) is 0 Å². The minimum absolute atomic E-state index is 0. The number of aliphatic imine (C=N–C) groups is 1. The van der Waals surface area contributed by atoms with Gasteiger partial charge in [0.15, 0.2) is 5.96 Å². The Balaban J connectivity index is 0.00000220. The lowest BCUT2D eigenvalue weighted by Crippen LogP contribution is -2.42. The van der Waals surface area contributed by atoms with E-state index in [1.165, 1.54) is 0 Å². The molecule has 1 aromatic rings. The Bertz CT molecular complexity index is 500. The van der Waals surface area contributed by atoms with E-state index in [9.17, 15) is 4.79 Å². The molecule has 0 atom stereocenters. The molecule has 0 radical (unpaired) electrons. The van der Waals surface area contributed by atoms with Gasteiger partial charge in [-0.3, -0.25) is 9.79 Å². The van der Waals surface area contributed by atoms with Crippen LogP contribution in [0, 0.1) is 0 Å². The van der Waals surface area contributed by atoms with Crippen molar-refractivity contribution in [1.82, 2.24) is 9.47 Å². The molecule has 2 N–H and O–H groups in total. The van der Waals surface area contributed by atoms with E-state index in [4.69, 9.17) is 5.73 Å². The SMILES string of the molecule is I.NC(=NCCCCn1ccccc1=O)N1CCSCC1. The summed E-state index contributed by atoms with van der Waals surface area (Å²) in [6, 6.07) is 5.23. The number of halogens is 1. The van der Waals surface area contributed by atoms with Crippen LogP contribution in [0.3, 0.4) is 0 Å². The first kappa shape index (κ1) is 18.3. The molecule has 2 heterocycles. The minimum atomic E-state index is 0. The Labute approximate surface area is 147 Å². The molecule has 0 aliphatic carbocycles. The number of aromatic nitrogens is 1. The number of guanidine groups is 1. The van der Waals surface area contributed by atoms with E-state index in [1.807, 2.05) is 24.0 Å². The van der Waals surface area contributed by atoms with Crippen LogP contribution in [0.1, 0.15) is 12.8 Å². The molecule has 1 fully saturated rings. The molecule has 0 unspecified atom stereocenters. The molecule has 1 saturated heterocycles. The zero-order valence-electron chi connectivity index (χ0n) is 12.1. The van der Waals surface area contributed by atoms with Crippen molar-refractivity contribution in [2.75, 3.05) is 31.1 Å². The van der Waals surface area contributed by atoms with Crippen molar-refractivity contribution in [3.05, 3.63) is 34.7 Å². The molecular formula is C14H23IN4OS. The van der Waals surface area contributed by atoms with Gasteiger partial charge >= 0.3 is 0 Å². The van der Waals surface area contributed by atoms with Crippen LogP contribution in [-0.4, -0.2) is 46.6 Å². The fourth-order valence-electron chi connectivity index (χ4n) is 2.13. The van der Waals surface area contributed by atoms with Gasteiger partial charge in [0.2, 0.25) is 5.56 Å². The van der Waals surface area contributed by atoms with Gasteiger partial charge in [0, 0.05) is 49.9 Å². The fourth-order valence-corrected chi connectivity index (χ4v) is 3.03. The molecular weight excluding hydrogens is 399 g/mol. The number of hydrogen-bond acceptors (Lipinski definition) is 3. The maximum atomic E-state index is 11.5. The van der Waals surface area contributed by atoms with E-state index in [2.05, 4.69) is 9.89 Å². The molecule has 21 heavy (non-hydrogen) atoms. The average Bonchev–Trinajstić information content (AvgIpc) is 2.49. The van der Waals surface area contributed by atoms with Crippen LogP contribution in [0.25, 0.3) is 0 Å². The molecule has 0 bridgehead atoms. The van der Waals surface area contributed by atoms with Gasteiger partial charge in [-0.05, 0) is 18.9 Å². The summed E-state index contributed by atoms with van der Waals surface area (Å²) in [5, 5.41) is 0. The third kappa shape index (κ3) is 6.29. The van der Waals surface area contributed by atoms with E-state index in [0.717, 1.165) is 50.5 Å². The van der Waals surface area contributed by atoms with Gasteiger partial charge in [0.1, 0.15) is 0 Å². The third-order valence-electron chi connectivity index (χ3n) is 3.32. The first-order valence-corrected chi connectivity index (χ1v) is 8.21. The highest BCUT2D eigenvalue weighted by Crippen LogP contribution is 2.08. The van der Waals surface area contributed by atoms with Gasteiger partial charge < -0.3 is 15.2 Å². The molecule has 5 nitrogen and oxygen atoms in total. The number of unbranched alkanes of at least 4 members (excludes halogenated alkanes) is 1. The summed E-state index contributed by atoms with van der Waals surface area (Å²) >= 11 is 1.96. The van der Waals surface area contributed by atoms with Gasteiger partial charge in [0.05, 0.1) is 0 Å². The Morgan fingerprint density at radius 2 is 2.05 bits per heavy atom. The summed E-state index contributed by atoms with van der Waals surface area (Å²) in [5.41, 5.74) is 6.03. The van der Waals surface area contributed by atoms with Crippen molar-refractivity contribution in [3.8, 4) is 0 Å². The summed E-state index contributed by atoms with van der Waals surface area (Å²) in [7, 11) is 0. The van der Waals surface area contributed by atoms with Crippen LogP contribution in [0.4, 0.5) is 0 Å². The molecule has 2 rings (SSSR count). The highest BCUT2D eigenvalue weighted by molar-refractivity contribution is 14.0. The minimum Gasteiger partial charge on any atom is -0.370 e. The Kier molecular flexibility index (Phi) is 8.82. The molecule has 0 saturated carbocycles. The lowest BCUT2D eigenvalue weighted by Gasteiger charge is -2.27. The molecule has 1 aliphatic heterocycles. The van der Waals surface area contributed by atoms with Crippen LogP contribution < -0.4 is 11.3 Å². The zero-order valence-corrected chi connectivity index (χ0v) is 15.3. The van der Waals surface area contributed by atoms with Crippen LogP contribution >= 0.6 is 35.7 Å². The van der Waals surface area contributed by atoms with E-state index in [1.54, 1.807) is 16.7 Å². The Hall–Kier alpha value is -0.700. The number of thioether (sulfide) groups is 1. The quantitative estimate of drug-likeness (QED) is 0.339. The van der Waals surface area contributed by atoms with Crippen LogP contribution in [0.5, 0.6) is 0 Å². The first-order chi connectivity index (χ1) is 9.77. The monoisotopic (exact) mass is 422 g/mol. The molecule has 1 aromatic heterocycles. The van der Waals surface area contributed by atoms with Crippen molar-refractivity contribution in [3.63, 3.8) is 0 Å². The summed E-state index contributed by atoms with van der Waals surface area (Å²) in [4.78, 5) is 18.1. The van der Waals surface area contributed by atoms with Gasteiger partial charge in [-0.1, -0.05) is 6.07 Å². The van der Waals surface area contributed by atoms with Gasteiger partial charge in [-0.2, -0.15) is 11.8 Å². The lowest BCUT2D eigenvalue weighted by molar-refractivity contribution is 0.455. The van der Waals surface area contributed by atoms with Gasteiger partial charge in [0.25, 0.3) is 0 Å². The summed E-state index contributed by atoms with van der Waals surface area (Å²) < 4.78 is 1.73. The largest absolute Gasteiger partial charge is 0.370 e. The zero-order chi connectivity index (χ0) is 14.2. The normalized spacial score (nSPS) is 15.6. The van der Waals surface area contributed by atoms with E-state index >= 15 is 0 Å². The van der Waals surface area contributed by atoms with Crippen molar-refractivity contribution in [2.45, 2.75) is 19.4 Å². The smallest absolute Gasteiger partial charge is 0.250 e. The molecule has 1 aliphatic rings. The van der Waals surface area contributed by atoms with Crippen molar-refractivity contribution in [2.24, 2.45) is 10.7 Å². The van der Waals surface area contributed by atoms with E-state index in [-0.39, 0.29) is 29.5 Å². The highest BCUT2D eigenvalue weighted by Gasteiger charge is 2.11. The standard InChI is InChI=1S/C14H22N4OS.HI/c15-14(18-9-11-20-12-10-18)16-6-2-4-8-17-7-3-1-5-13(17)19;/h1,3,5,7H,2,4,6,8-12H2,(H2,15,16);1H. The average molecular weight is 422 g/mol. The molecule has 7 heteroatoms. The van der Waals surface area contributed by atoms with Crippen molar-refractivity contribution in [1.29, 1.82) is 0 Å². The van der Waals surface area contributed by atoms with E-state index < -0.39 is 0 Å². The van der Waals surface area contributed by atoms with E-state index in [0.29, 0.717) is 5.96 Å². The second-order valence-electron chi connectivity index (χ2n) is 4.78. The lowest BCUT2D eigenvalue weighted by atomic mass is 10.3. The molecule has 0 spiro atoms. The Morgan fingerprint density at radius 1 is 1.29 bits per heavy atom. The first-order valence-electron chi connectivity index (χ1n) is 7.05. The number of pyridine rings is 1. The maximum absolute atomic E-state index is 11.5. The van der Waals surface area contributed by atoms with Crippen molar-refractivity contribution < 1.29 is 0 Å². The number of nitrogens with two attached hydrogens (primary N) is 1. The number of hydrogen-bond donors (Lipinski definition) is 1. The maximum Gasteiger partial charge on any atom is 0.250 e. The summed E-state index contributed by atoms with van der Waals surface area (Å²) in [5.74, 6) is 2.93. The fraction of sp³-hybridized carbons (Fsp3) is 0.571. The number of nitrogens with zero attached hydrogens (tertiary/aromatic N) is 3. The molecule has 0 amide bonds.